The Morgan fingerprint density at radius 1 is 1.18 bits per heavy atom. The zero-order chi connectivity index (χ0) is 15.5. The lowest BCUT2D eigenvalue weighted by atomic mass is 10.1. The second-order valence-electron chi connectivity index (χ2n) is 5.32. The fourth-order valence-electron chi connectivity index (χ4n) is 2.69. The molecule has 0 fully saturated rings. The van der Waals surface area contributed by atoms with Crippen molar-refractivity contribution in [3.8, 4) is 0 Å². The molecule has 2 aromatic carbocycles. The number of hydrogen-bond donors (Lipinski definition) is 0. The molecule has 1 heterocycles. The van der Waals surface area contributed by atoms with Gasteiger partial charge in [-0.3, -0.25) is 10.1 Å². The molecule has 4 heteroatoms. The highest BCUT2D eigenvalue weighted by Crippen LogP contribution is 2.23. The largest absolute Gasteiger partial charge is 0.342 e. The summed E-state index contributed by atoms with van der Waals surface area (Å²) in [5.41, 5.74) is 4.37. The van der Waals surface area contributed by atoms with Crippen LogP contribution in [0.2, 0.25) is 0 Å². The van der Waals surface area contributed by atoms with E-state index in [4.69, 9.17) is 0 Å². The van der Waals surface area contributed by atoms with Gasteiger partial charge in [0.2, 0.25) is 6.20 Å². The van der Waals surface area contributed by atoms with Gasteiger partial charge < -0.3 is 4.57 Å². The predicted octanol–water partition coefficient (Wildman–Crippen LogP) is 4.25. The zero-order valence-electron chi connectivity index (χ0n) is 12.3. The van der Waals surface area contributed by atoms with E-state index in [1.54, 1.807) is 6.08 Å². The van der Waals surface area contributed by atoms with E-state index in [-0.39, 0.29) is 0 Å². The van der Waals surface area contributed by atoms with Crippen molar-refractivity contribution in [3.63, 3.8) is 0 Å². The molecule has 0 aliphatic rings. The fourth-order valence-corrected chi connectivity index (χ4v) is 2.69. The third-order valence-corrected chi connectivity index (χ3v) is 3.63. The van der Waals surface area contributed by atoms with Crippen LogP contribution in [0.5, 0.6) is 0 Å². The first-order chi connectivity index (χ1) is 10.6. The van der Waals surface area contributed by atoms with Crippen LogP contribution in [0.3, 0.4) is 0 Å². The predicted molar refractivity (Wildman–Crippen MR) is 88.2 cm³/mol. The standard InChI is InChI=1S/C18H16N2O2/c1-14-5-4-6-15(11-14)12-19-13-16(9-10-20(21)22)17-7-2-3-8-18(17)19/h2-11,13H,12H2,1H3. The Hall–Kier alpha value is -2.88. The monoisotopic (exact) mass is 292 g/mol. The van der Waals surface area contributed by atoms with Crippen LogP contribution in [-0.4, -0.2) is 9.49 Å². The van der Waals surface area contributed by atoms with Gasteiger partial charge in [-0.2, -0.15) is 0 Å². The normalized spacial score (nSPS) is 11.3. The van der Waals surface area contributed by atoms with E-state index < -0.39 is 4.92 Å². The van der Waals surface area contributed by atoms with Crippen LogP contribution in [0, 0.1) is 17.0 Å². The summed E-state index contributed by atoms with van der Waals surface area (Å²) in [7, 11) is 0. The second-order valence-corrected chi connectivity index (χ2v) is 5.32. The molecular formula is C18H16N2O2. The second kappa shape index (κ2) is 5.85. The van der Waals surface area contributed by atoms with Gasteiger partial charge in [-0.1, -0.05) is 48.0 Å². The number of aromatic nitrogens is 1. The van der Waals surface area contributed by atoms with Crippen molar-refractivity contribution in [3.05, 3.63) is 87.7 Å². The van der Waals surface area contributed by atoms with E-state index >= 15 is 0 Å². The Balaban J connectivity index is 2.04. The third-order valence-electron chi connectivity index (χ3n) is 3.63. The molecule has 3 aromatic rings. The van der Waals surface area contributed by atoms with Crippen molar-refractivity contribution in [2.24, 2.45) is 0 Å². The van der Waals surface area contributed by atoms with Crippen molar-refractivity contribution in [2.45, 2.75) is 13.5 Å². The molecule has 0 atom stereocenters. The fraction of sp³-hybridized carbons (Fsp3) is 0.111. The summed E-state index contributed by atoms with van der Waals surface area (Å²) in [6.07, 6.45) is 4.50. The van der Waals surface area contributed by atoms with Gasteiger partial charge in [0.25, 0.3) is 0 Å². The molecule has 0 unspecified atom stereocenters. The molecule has 0 spiro atoms. The van der Waals surface area contributed by atoms with E-state index in [1.165, 1.54) is 11.1 Å². The highest BCUT2D eigenvalue weighted by Gasteiger charge is 2.07. The number of aryl methyl sites for hydroxylation is 1. The topological polar surface area (TPSA) is 48.1 Å². The number of nitro groups is 1. The summed E-state index contributed by atoms with van der Waals surface area (Å²) in [6, 6.07) is 16.3. The number of nitrogens with zero attached hydrogens (tertiary/aromatic N) is 2. The lowest BCUT2D eigenvalue weighted by molar-refractivity contribution is -0.400. The lowest BCUT2D eigenvalue weighted by Gasteiger charge is -2.06. The molecule has 22 heavy (non-hydrogen) atoms. The quantitative estimate of drug-likeness (QED) is 0.533. The van der Waals surface area contributed by atoms with Crippen LogP contribution in [0.1, 0.15) is 16.7 Å². The molecule has 0 saturated heterocycles. The van der Waals surface area contributed by atoms with Crippen LogP contribution in [-0.2, 0) is 6.54 Å². The first-order valence-electron chi connectivity index (χ1n) is 7.08. The summed E-state index contributed by atoms with van der Waals surface area (Å²) in [4.78, 5) is 10.1. The summed E-state index contributed by atoms with van der Waals surface area (Å²) >= 11 is 0. The molecule has 0 aliphatic carbocycles. The highest BCUT2D eigenvalue weighted by atomic mass is 16.6. The minimum absolute atomic E-state index is 0.438. The van der Waals surface area contributed by atoms with Gasteiger partial charge in [0.1, 0.15) is 0 Å². The zero-order valence-corrected chi connectivity index (χ0v) is 12.3. The molecule has 0 aliphatic heterocycles. The molecule has 4 nitrogen and oxygen atoms in total. The SMILES string of the molecule is Cc1cccc(Cn2cc(C=C[N+](=O)[O-])c3ccccc32)c1. The van der Waals surface area contributed by atoms with Crippen LogP contribution >= 0.6 is 0 Å². The van der Waals surface area contributed by atoms with Gasteiger partial charge in [0, 0.05) is 35.3 Å². The van der Waals surface area contributed by atoms with Crippen molar-refractivity contribution >= 4 is 17.0 Å². The van der Waals surface area contributed by atoms with Crippen LogP contribution in [0.4, 0.5) is 0 Å². The molecule has 1 aromatic heterocycles. The Morgan fingerprint density at radius 2 is 2.00 bits per heavy atom. The van der Waals surface area contributed by atoms with E-state index in [1.807, 2.05) is 36.5 Å². The van der Waals surface area contributed by atoms with Gasteiger partial charge >= 0.3 is 0 Å². The number of para-hydroxylation sites is 1. The van der Waals surface area contributed by atoms with Crippen molar-refractivity contribution in [1.29, 1.82) is 0 Å². The summed E-state index contributed by atoms with van der Waals surface area (Å²) in [5.74, 6) is 0. The van der Waals surface area contributed by atoms with Crippen LogP contribution in [0.15, 0.2) is 60.9 Å². The Bertz CT molecular complexity index is 862. The molecule has 0 saturated carbocycles. The summed E-state index contributed by atoms with van der Waals surface area (Å²) in [6.45, 7) is 2.82. The summed E-state index contributed by atoms with van der Waals surface area (Å²) < 4.78 is 2.13. The lowest BCUT2D eigenvalue weighted by Crippen LogP contribution is -1.97. The number of rotatable bonds is 4. The molecule has 0 radical (unpaired) electrons. The Kier molecular flexibility index (Phi) is 3.74. The average molecular weight is 292 g/mol. The third kappa shape index (κ3) is 2.91. The summed E-state index contributed by atoms with van der Waals surface area (Å²) in [5, 5.41) is 11.6. The maximum absolute atomic E-state index is 10.6. The minimum Gasteiger partial charge on any atom is -0.342 e. The molecule has 110 valence electrons. The molecule has 3 rings (SSSR count). The average Bonchev–Trinajstić information content (AvgIpc) is 2.84. The van der Waals surface area contributed by atoms with Gasteiger partial charge in [-0.25, -0.2) is 0 Å². The van der Waals surface area contributed by atoms with Crippen molar-refractivity contribution in [1.82, 2.24) is 4.57 Å². The first kappa shape index (κ1) is 14.1. The smallest absolute Gasteiger partial charge is 0.235 e. The molecule has 0 N–H and O–H groups in total. The number of fused-ring (bicyclic) bond motifs is 1. The number of benzene rings is 2. The highest BCUT2D eigenvalue weighted by molar-refractivity contribution is 5.89. The van der Waals surface area contributed by atoms with Gasteiger partial charge in [0.15, 0.2) is 0 Å². The van der Waals surface area contributed by atoms with E-state index in [9.17, 15) is 10.1 Å². The molecular weight excluding hydrogens is 276 g/mol. The van der Waals surface area contributed by atoms with Gasteiger partial charge in [0.05, 0.1) is 4.92 Å². The van der Waals surface area contributed by atoms with E-state index in [2.05, 4.69) is 29.7 Å². The minimum atomic E-state index is -0.438. The van der Waals surface area contributed by atoms with Crippen LogP contribution < -0.4 is 0 Å². The molecule has 0 bridgehead atoms. The Morgan fingerprint density at radius 3 is 2.77 bits per heavy atom. The van der Waals surface area contributed by atoms with Crippen molar-refractivity contribution < 1.29 is 4.92 Å². The van der Waals surface area contributed by atoms with E-state index in [0.29, 0.717) is 0 Å². The van der Waals surface area contributed by atoms with E-state index in [0.717, 1.165) is 29.2 Å². The van der Waals surface area contributed by atoms with Gasteiger partial charge in [-0.15, -0.1) is 0 Å². The van der Waals surface area contributed by atoms with Crippen LogP contribution in [0.25, 0.3) is 17.0 Å². The Labute approximate surface area is 128 Å². The van der Waals surface area contributed by atoms with Crippen molar-refractivity contribution in [2.75, 3.05) is 0 Å². The first-order valence-corrected chi connectivity index (χ1v) is 7.08. The maximum atomic E-state index is 10.6. The number of hydrogen-bond acceptors (Lipinski definition) is 2. The van der Waals surface area contributed by atoms with Gasteiger partial charge in [-0.05, 0) is 18.6 Å². The molecule has 0 amide bonds. The maximum Gasteiger partial charge on any atom is 0.235 e.